The van der Waals surface area contributed by atoms with E-state index in [9.17, 15) is 4.79 Å². The highest BCUT2D eigenvalue weighted by Gasteiger charge is 2.16. The third-order valence-corrected chi connectivity index (χ3v) is 1.59. The third-order valence-electron chi connectivity index (χ3n) is 1.59. The Balaban J connectivity index is 2.32. The van der Waals surface area contributed by atoms with E-state index in [1.807, 2.05) is 0 Å². The largest absolute Gasteiger partial charge is 0.477 e. The van der Waals surface area contributed by atoms with E-state index in [1.165, 1.54) is 18.6 Å². The van der Waals surface area contributed by atoms with Crippen LogP contribution in [0.25, 0.3) is 0 Å². The molecule has 0 unspecified atom stereocenters. The Labute approximate surface area is 73.9 Å². The Morgan fingerprint density at radius 3 is 3.15 bits per heavy atom. The fraction of sp³-hybridized carbons (Fsp3) is 0. The van der Waals surface area contributed by atoms with Gasteiger partial charge < -0.3 is 14.7 Å². The highest BCUT2D eigenvalue weighted by molar-refractivity contribution is 6.40. The average molecular weight is 178 g/mol. The SMILES string of the molecule is O=C(O)C1=NC2=COC=CN2C=C1. The molecule has 0 saturated carbocycles. The zero-order chi connectivity index (χ0) is 9.26. The van der Waals surface area contributed by atoms with Crippen LogP contribution >= 0.6 is 0 Å². The molecule has 0 aromatic carbocycles. The van der Waals surface area contributed by atoms with Crippen LogP contribution in [0.4, 0.5) is 0 Å². The number of rotatable bonds is 1. The Kier molecular flexibility index (Phi) is 1.63. The van der Waals surface area contributed by atoms with Gasteiger partial charge in [-0.2, -0.15) is 0 Å². The summed E-state index contributed by atoms with van der Waals surface area (Å²) in [5.74, 6) is -0.589. The molecule has 0 bridgehead atoms. The van der Waals surface area contributed by atoms with Crippen LogP contribution in [0, 0.1) is 0 Å². The molecule has 0 aliphatic carbocycles. The van der Waals surface area contributed by atoms with Gasteiger partial charge in [-0.1, -0.05) is 0 Å². The van der Waals surface area contributed by atoms with Crippen LogP contribution in [-0.2, 0) is 9.53 Å². The molecule has 2 aliphatic rings. The van der Waals surface area contributed by atoms with Crippen LogP contribution < -0.4 is 0 Å². The number of carboxylic acid groups (broad SMARTS) is 1. The summed E-state index contributed by atoms with van der Waals surface area (Å²) < 4.78 is 4.85. The lowest BCUT2D eigenvalue weighted by Gasteiger charge is -2.21. The van der Waals surface area contributed by atoms with E-state index >= 15 is 0 Å². The highest BCUT2D eigenvalue weighted by atomic mass is 16.5. The second kappa shape index (κ2) is 2.78. The summed E-state index contributed by atoms with van der Waals surface area (Å²) in [5, 5.41) is 8.64. The first-order valence-corrected chi connectivity index (χ1v) is 3.58. The molecular weight excluding hydrogens is 172 g/mol. The molecule has 0 saturated heterocycles. The van der Waals surface area contributed by atoms with Gasteiger partial charge in [0.1, 0.15) is 12.5 Å². The van der Waals surface area contributed by atoms with Gasteiger partial charge in [0.2, 0.25) is 0 Å². The molecule has 0 spiro atoms. The maximum atomic E-state index is 10.5. The minimum absolute atomic E-state index is 0.00130. The van der Waals surface area contributed by atoms with Gasteiger partial charge in [-0.15, -0.1) is 0 Å². The molecule has 0 aromatic heterocycles. The predicted molar refractivity (Wildman–Crippen MR) is 44.4 cm³/mol. The summed E-state index contributed by atoms with van der Waals surface area (Å²) in [4.78, 5) is 16.0. The Morgan fingerprint density at radius 2 is 2.38 bits per heavy atom. The number of hydrogen-bond donors (Lipinski definition) is 1. The topological polar surface area (TPSA) is 62.1 Å². The monoisotopic (exact) mass is 178 g/mol. The maximum Gasteiger partial charge on any atom is 0.354 e. The van der Waals surface area contributed by atoms with Crippen molar-refractivity contribution in [2.75, 3.05) is 0 Å². The van der Waals surface area contributed by atoms with Crippen molar-refractivity contribution < 1.29 is 14.6 Å². The molecule has 0 atom stereocenters. The van der Waals surface area contributed by atoms with Crippen molar-refractivity contribution in [1.29, 1.82) is 0 Å². The first-order chi connectivity index (χ1) is 6.27. The zero-order valence-corrected chi connectivity index (χ0v) is 6.54. The number of carbonyl (C=O) groups is 1. The molecular formula is C8H6N2O3. The van der Waals surface area contributed by atoms with Gasteiger partial charge in [-0.25, -0.2) is 9.79 Å². The first-order valence-electron chi connectivity index (χ1n) is 3.58. The third kappa shape index (κ3) is 1.31. The molecule has 13 heavy (non-hydrogen) atoms. The van der Waals surface area contributed by atoms with E-state index in [2.05, 4.69) is 4.99 Å². The normalized spacial score (nSPS) is 18.6. The lowest BCUT2D eigenvalue weighted by molar-refractivity contribution is -0.129. The summed E-state index contributed by atoms with van der Waals surface area (Å²) in [6.07, 6.45) is 7.55. The van der Waals surface area contributed by atoms with Gasteiger partial charge in [0.15, 0.2) is 11.5 Å². The van der Waals surface area contributed by atoms with Crippen molar-refractivity contribution in [2.45, 2.75) is 0 Å². The van der Waals surface area contributed by atoms with E-state index in [0.717, 1.165) is 0 Å². The minimum Gasteiger partial charge on any atom is -0.477 e. The fourth-order valence-electron chi connectivity index (χ4n) is 0.979. The lowest BCUT2D eigenvalue weighted by atomic mass is 10.3. The molecule has 5 nitrogen and oxygen atoms in total. The molecule has 0 fully saturated rings. The van der Waals surface area contributed by atoms with Crippen molar-refractivity contribution in [2.24, 2.45) is 4.99 Å². The number of ether oxygens (including phenoxy) is 1. The van der Waals surface area contributed by atoms with Crippen molar-refractivity contribution in [3.05, 3.63) is 36.8 Å². The Morgan fingerprint density at radius 1 is 1.54 bits per heavy atom. The van der Waals surface area contributed by atoms with Crippen LogP contribution in [0.2, 0.25) is 0 Å². The van der Waals surface area contributed by atoms with Crippen molar-refractivity contribution >= 4 is 11.7 Å². The quantitative estimate of drug-likeness (QED) is 0.640. The van der Waals surface area contributed by atoms with E-state index in [0.29, 0.717) is 5.82 Å². The number of nitrogens with zero attached hydrogens (tertiary/aromatic N) is 2. The van der Waals surface area contributed by atoms with Crippen molar-refractivity contribution in [3.63, 3.8) is 0 Å². The fourth-order valence-corrected chi connectivity index (χ4v) is 0.979. The number of hydrogen-bond acceptors (Lipinski definition) is 4. The second-order valence-electron chi connectivity index (χ2n) is 2.42. The number of carboxylic acids is 1. The molecule has 66 valence electrons. The Hall–Kier alpha value is -2.04. The highest BCUT2D eigenvalue weighted by Crippen LogP contribution is 2.16. The van der Waals surface area contributed by atoms with Crippen molar-refractivity contribution in [3.8, 4) is 0 Å². The second-order valence-corrected chi connectivity index (χ2v) is 2.42. The van der Waals surface area contributed by atoms with Crippen molar-refractivity contribution in [1.82, 2.24) is 4.90 Å². The van der Waals surface area contributed by atoms with Gasteiger partial charge >= 0.3 is 5.97 Å². The van der Waals surface area contributed by atoms with Crippen LogP contribution in [0.5, 0.6) is 0 Å². The average Bonchev–Trinajstić information content (AvgIpc) is 2.17. The zero-order valence-electron chi connectivity index (χ0n) is 6.54. The molecule has 5 heteroatoms. The lowest BCUT2D eigenvalue weighted by Crippen LogP contribution is -2.21. The van der Waals surface area contributed by atoms with E-state index in [4.69, 9.17) is 9.84 Å². The summed E-state index contributed by atoms with van der Waals surface area (Å²) in [6.45, 7) is 0. The molecule has 2 heterocycles. The number of aliphatic carboxylic acids is 1. The summed E-state index contributed by atoms with van der Waals surface area (Å²) in [5.41, 5.74) is 0.00130. The van der Waals surface area contributed by atoms with E-state index < -0.39 is 5.97 Å². The molecule has 0 radical (unpaired) electrons. The molecule has 2 rings (SSSR count). The summed E-state index contributed by atoms with van der Waals surface area (Å²) in [6, 6.07) is 0. The standard InChI is InChI=1S/C8H6N2O3/c11-8(12)6-1-2-10-3-4-13-5-7(10)9-6/h1-5H,(H,11,12). The number of fused-ring (bicyclic) bond motifs is 1. The van der Waals surface area contributed by atoms with Crippen LogP contribution in [0.15, 0.2) is 41.8 Å². The molecule has 0 aromatic rings. The van der Waals surface area contributed by atoms with Gasteiger partial charge in [0.05, 0.1) is 0 Å². The predicted octanol–water partition coefficient (Wildman–Crippen LogP) is 0.642. The van der Waals surface area contributed by atoms with Gasteiger partial charge in [0.25, 0.3) is 0 Å². The van der Waals surface area contributed by atoms with Crippen LogP contribution in [0.1, 0.15) is 0 Å². The van der Waals surface area contributed by atoms with Crippen LogP contribution in [-0.4, -0.2) is 21.7 Å². The van der Waals surface area contributed by atoms with Gasteiger partial charge in [-0.3, -0.25) is 0 Å². The summed E-state index contributed by atoms with van der Waals surface area (Å²) in [7, 11) is 0. The number of aliphatic imine (C=N–C) groups is 1. The maximum absolute atomic E-state index is 10.5. The molecule has 1 N–H and O–H groups in total. The molecule has 2 aliphatic heterocycles. The Bertz CT molecular complexity index is 366. The smallest absolute Gasteiger partial charge is 0.354 e. The van der Waals surface area contributed by atoms with Crippen LogP contribution in [0.3, 0.4) is 0 Å². The van der Waals surface area contributed by atoms with E-state index in [1.54, 1.807) is 17.3 Å². The first kappa shape index (κ1) is 7.60. The van der Waals surface area contributed by atoms with Gasteiger partial charge in [-0.05, 0) is 6.08 Å². The molecule has 0 amide bonds. The van der Waals surface area contributed by atoms with E-state index in [-0.39, 0.29) is 5.71 Å². The van der Waals surface area contributed by atoms with Gasteiger partial charge in [0, 0.05) is 12.4 Å². The summed E-state index contributed by atoms with van der Waals surface area (Å²) >= 11 is 0. The minimum atomic E-state index is -1.05.